The van der Waals surface area contributed by atoms with Crippen molar-refractivity contribution in [1.82, 2.24) is 0 Å². The van der Waals surface area contributed by atoms with Crippen molar-refractivity contribution in [2.24, 2.45) is 5.73 Å². The fourth-order valence-corrected chi connectivity index (χ4v) is 2.22. The molecule has 0 aliphatic rings. The zero-order chi connectivity index (χ0) is 14.4. The van der Waals surface area contributed by atoms with Gasteiger partial charge in [0.1, 0.15) is 5.82 Å². The number of nitrogens with two attached hydrogens (primary N) is 1. The van der Waals surface area contributed by atoms with Crippen LogP contribution in [0.15, 0.2) is 60.7 Å². The predicted molar refractivity (Wildman–Crippen MR) is 82.6 cm³/mol. The molecule has 0 fully saturated rings. The molecule has 0 aliphatic heterocycles. The van der Waals surface area contributed by atoms with E-state index in [1.165, 1.54) is 12.1 Å². The van der Waals surface area contributed by atoms with Crippen molar-refractivity contribution in [2.75, 3.05) is 0 Å². The van der Waals surface area contributed by atoms with Crippen LogP contribution in [0.4, 0.5) is 4.39 Å². The Morgan fingerprint density at radius 1 is 1.05 bits per heavy atom. The van der Waals surface area contributed by atoms with E-state index in [2.05, 4.69) is 31.2 Å². The third kappa shape index (κ3) is 3.55. The highest BCUT2D eigenvalue weighted by molar-refractivity contribution is 5.49. The number of benzene rings is 2. The quantitative estimate of drug-likeness (QED) is 0.850. The normalized spacial score (nSPS) is 14.3. The van der Waals surface area contributed by atoms with Gasteiger partial charge < -0.3 is 5.73 Å². The van der Waals surface area contributed by atoms with Gasteiger partial charge >= 0.3 is 0 Å². The van der Waals surface area contributed by atoms with E-state index in [9.17, 15) is 4.39 Å². The second-order valence-corrected chi connectivity index (χ2v) is 5.03. The average molecular weight is 269 g/mol. The first-order chi connectivity index (χ1) is 9.64. The highest BCUT2D eigenvalue weighted by Gasteiger charge is 2.23. The molecule has 0 spiro atoms. The van der Waals surface area contributed by atoms with E-state index in [4.69, 9.17) is 5.73 Å². The topological polar surface area (TPSA) is 26.0 Å². The summed E-state index contributed by atoms with van der Waals surface area (Å²) in [5.74, 6) is -0.230. The van der Waals surface area contributed by atoms with Crippen molar-refractivity contribution < 1.29 is 4.39 Å². The lowest BCUT2D eigenvalue weighted by molar-refractivity contribution is 0.433. The second-order valence-electron chi connectivity index (χ2n) is 5.03. The van der Waals surface area contributed by atoms with Crippen molar-refractivity contribution in [3.8, 4) is 0 Å². The van der Waals surface area contributed by atoms with E-state index in [1.807, 2.05) is 18.2 Å². The van der Waals surface area contributed by atoms with Crippen molar-refractivity contribution in [2.45, 2.75) is 25.3 Å². The van der Waals surface area contributed by atoms with Crippen molar-refractivity contribution in [3.63, 3.8) is 0 Å². The summed E-state index contributed by atoms with van der Waals surface area (Å²) < 4.78 is 13.0. The van der Waals surface area contributed by atoms with Gasteiger partial charge in [-0.3, -0.25) is 0 Å². The molecule has 0 radical (unpaired) electrons. The number of rotatable bonds is 5. The third-order valence-corrected chi connectivity index (χ3v) is 3.64. The molecule has 2 rings (SSSR count). The zero-order valence-corrected chi connectivity index (χ0v) is 11.7. The highest BCUT2D eigenvalue weighted by atomic mass is 19.1. The third-order valence-electron chi connectivity index (χ3n) is 3.64. The molecule has 2 aromatic carbocycles. The van der Waals surface area contributed by atoms with Crippen LogP contribution in [0.3, 0.4) is 0 Å². The van der Waals surface area contributed by atoms with Gasteiger partial charge in [-0.25, -0.2) is 4.39 Å². The van der Waals surface area contributed by atoms with Crippen LogP contribution in [0.25, 0.3) is 6.08 Å². The van der Waals surface area contributed by atoms with Gasteiger partial charge in [-0.1, -0.05) is 61.5 Å². The Morgan fingerprint density at radius 2 is 1.70 bits per heavy atom. The predicted octanol–water partition coefficient (Wildman–Crippen LogP) is 4.49. The van der Waals surface area contributed by atoms with Gasteiger partial charge in [0.25, 0.3) is 0 Å². The van der Waals surface area contributed by atoms with Crippen LogP contribution >= 0.6 is 0 Å². The molecule has 104 valence electrons. The molecule has 0 saturated heterocycles. The summed E-state index contributed by atoms with van der Waals surface area (Å²) in [7, 11) is 0. The van der Waals surface area contributed by atoms with E-state index < -0.39 is 5.54 Å². The van der Waals surface area contributed by atoms with Crippen LogP contribution in [-0.2, 0) is 5.54 Å². The Bertz CT molecular complexity index is 560. The van der Waals surface area contributed by atoms with E-state index in [-0.39, 0.29) is 5.82 Å². The summed E-state index contributed by atoms with van der Waals surface area (Å²) in [6, 6.07) is 16.6. The number of hydrogen-bond donors (Lipinski definition) is 1. The number of halogens is 1. The number of hydrogen-bond acceptors (Lipinski definition) is 1. The molecular formula is C18H20FN. The summed E-state index contributed by atoms with van der Waals surface area (Å²) in [6.45, 7) is 2.06. The van der Waals surface area contributed by atoms with Gasteiger partial charge in [-0.2, -0.15) is 0 Å². The van der Waals surface area contributed by atoms with Crippen LogP contribution in [-0.4, -0.2) is 0 Å². The Hall–Kier alpha value is -1.93. The molecule has 0 aliphatic carbocycles. The van der Waals surface area contributed by atoms with Crippen LogP contribution in [0.2, 0.25) is 0 Å². The molecule has 0 amide bonds. The van der Waals surface area contributed by atoms with Crippen LogP contribution in [0.5, 0.6) is 0 Å². The Morgan fingerprint density at radius 3 is 2.30 bits per heavy atom. The highest BCUT2D eigenvalue weighted by Crippen LogP contribution is 2.27. The molecule has 0 aromatic heterocycles. The molecule has 0 saturated carbocycles. The van der Waals surface area contributed by atoms with E-state index in [0.717, 1.165) is 24.0 Å². The SMILES string of the molecule is CCC(N)(CC=Cc1ccccc1)c1ccc(F)cc1. The molecule has 1 atom stereocenters. The lowest BCUT2D eigenvalue weighted by Crippen LogP contribution is -2.35. The van der Waals surface area contributed by atoms with Crippen molar-refractivity contribution >= 4 is 6.08 Å². The Balaban J connectivity index is 2.11. The lowest BCUT2D eigenvalue weighted by Gasteiger charge is -2.27. The summed E-state index contributed by atoms with van der Waals surface area (Å²) in [5.41, 5.74) is 8.14. The molecule has 2 aromatic rings. The summed E-state index contributed by atoms with van der Waals surface area (Å²) in [6.07, 6.45) is 5.69. The minimum Gasteiger partial charge on any atom is -0.321 e. The molecule has 20 heavy (non-hydrogen) atoms. The molecule has 0 heterocycles. The maximum atomic E-state index is 13.0. The maximum absolute atomic E-state index is 13.0. The standard InChI is InChI=1S/C18H20FN/c1-2-18(20,16-10-12-17(19)13-11-16)14-6-9-15-7-4-3-5-8-15/h3-13H,2,14,20H2,1H3. The van der Waals surface area contributed by atoms with E-state index >= 15 is 0 Å². The molecule has 1 nitrogen and oxygen atoms in total. The van der Waals surface area contributed by atoms with Crippen LogP contribution in [0, 0.1) is 5.82 Å². The molecule has 0 bridgehead atoms. The fourth-order valence-electron chi connectivity index (χ4n) is 2.22. The average Bonchev–Trinajstić information content (AvgIpc) is 2.49. The van der Waals surface area contributed by atoms with Gasteiger partial charge in [0.05, 0.1) is 0 Å². The summed E-state index contributed by atoms with van der Waals surface area (Å²) >= 11 is 0. The van der Waals surface area contributed by atoms with Crippen molar-refractivity contribution in [3.05, 3.63) is 77.6 Å². The second kappa shape index (κ2) is 6.49. The largest absolute Gasteiger partial charge is 0.321 e. The van der Waals surface area contributed by atoms with Crippen LogP contribution in [0.1, 0.15) is 30.9 Å². The molecule has 1 unspecified atom stereocenters. The first-order valence-electron chi connectivity index (χ1n) is 6.90. The zero-order valence-electron chi connectivity index (χ0n) is 11.7. The van der Waals surface area contributed by atoms with Crippen LogP contribution < -0.4 is 5.73 Å². The van der Waals surface area contributed by atoms with Gasteiger partial charge in [-0.05, 0) is 36.1 Å². The Labute approximate surface area is 119 Å². The monoisotopic (exact) mass is 269 g/mol. The minimum atomic E-state index is -0.445. The van der Waals surface area contributed by atoms with Gasteiger partial charge in [0.2, 0.25) is 0 Å². The van der Waals surface area contributed by atoms with Gasteiger partial charge in [0.15, 0.2) is 0 Å². The van der Waals surface area contributed by atoms with Crippen molar-refractivity contribution in [1.29, 1.82) is 0 Å². The lowest BCUT2D eigenvalue weighted by atomic mass is 9.85. The fraction of sp³-hybridized carbons (Fsp3) is 0.222. The maximum Gasteiger partial charge on any atom is 0.123 e. The van der Waals surface area contributed by atoms with Gasteiger partial charge in [-0.15, -0.1) is 0 Å². The van der Waals surface area contributed by atoms with E-state index in [1.54, 1.807) is 12.1 Å². The molecular weight excluding hydrogens is 249 g/mol. The Kier molecular flexibility index (Phi) is 4.70. The molecule has 2 heteroatoms. The smallest absolute Gasteiger partial charge is 0.123 e. The van der Waals surface area contributed by atoms with E-state index in [0.29, 0.717) is 0 Å². The minimum absolute atomic E-state index is 0.230. The molecule has 2 N–H and O–H groups in total. The first-order valence-corrected chi connectivity index (χ1v) is 6.90. The summed E-state index contributed by atoms with van der Waals surface area (Å²) in [4.78, 5) is 0. The summed E-state index contributed by atoms with van der Waals surface area (Å²) in [5, 5.41) is 0. The first kappa shape index (κ1) is 14.5. The van der Waals surface area contributed by atoms with Gasteiger partial charge in [0, 0.05) is 5.54 Å².